The van der Waals surface area contributed by atoms with E-state index in [2.05, 4.69) is 27.7 Å². The molecule has 2 aromatic heterocycles. The van der Waals surface area contributed by atoms with Crippen molar-refractivity contribution in [3.63, 3.8) is 0 Å². The van der Waals surface area contributed by atoms with E-state index in [0.717, 1.165) is 5.56 Å². The van der Waals surface area contributed by atoms with E-state index in [9.17, 15) is 4.79 Å². The first-order chi connectivity index (χ1) is 12.7. The molecule has 144 valence electrons. The highest BCUT2D eigenvalue weighted by Crippen LogP contribution is 2.19. The Hall–Kier alpha value is -2.22. The van der Waals surface area contributed by atoms with Crippen molar-refractivity contribution in [3.05, 3.63) is 70.0 Å². The predicted molar refractivity (Wildman–Crippen MR) is 108 cm³/mol. The van der Waals surface area contributed by atoms with E-state index < -0.39 is 0 Å². The van der Waals surface area contributed by atoms with E-state index in [1.165, 1.54) is 11.3 Å². The van der Waals surface area contributed by atoms with E-state index in [0.29, 0.717) is 29.4 Å². The van der Waals surface area contributed by atoms with E-state index in [4.69, 9.17) is 4.52 Å². The second-order valence-electron chi connectivity index (χ2n) is 6.14. The summed E-state index contributed by atoms with van der Waals surface area (Å²) in [5.74, 6) is 0.923. The van der Waals surface area contributed by atoms with Crippen molar-refractivity contribution >= 4 is 29.7 Å². The molecule has 0 saturated heterocycles. The minimum absolute atomic E-state index is 0. The van der Waals surface area contributed by atoms with Crippen LogP contribution in [0.1, 0.15) is 39.9 Å². The number of nitrogens with zero attached hydrogens (tertiary/aromatic N) is 2. The quantitative estimate of drug-likeness (QED) is 0.599. The van der Waals surface area contributed by atoms with E-state index in [-0.39, 0.29) is 30.4 Å². The van der Waals surface area contributed by atoms with Crippen LogP contribution in [0.15, 0.2) is 52.4 Å². The van der Waals surface area contributed by atoms with Crippen LogP contribution in [0.4, 0.5) is 0 Å². The summed E-state index contributed by atoms with van der Waals surface area (Å²) >= 11 is 1.40. The number of hydrogen-bond donors (Lipinski definition) is 2. The standard InChI is InChI=1S/C19H22N4O2S.ClH/c1-13(20-2)11-17-22-19(25-23-17)15(12-14-7-4-3-5-8-14)21-18(24)16-9-6-10-26-16;/h3-10,13,15,20H,11-12H2,1-2H3,(H,21,24);1H. The van der Waals surface area contributed by atoms with Gasteiger partial charge in [-0.25, -0.2) is 0 Å². The van der Waals surface area contributed by atoms with Crippen molar-refractivity contribution in [3.8, 4) is 0 Å². The smallest absolute Gasteiger partial charge is 0.262 e. The van der Waals surface area contributed by atoms with Gasteiger partial charge in [0.25, 0.3) is 5.91 Å². The van der Waals surface area contributed by atoms with Gasteiger partial charge in [0, 0.05) is 18.9 Å². The van der Waals surface area contributed by atoms with Crippen LogP contribution < -0.4 is 10.6 Å². The summed E-state index contributed by atoms with van der Waals surface area (Å²) in [6.45, 7) is 2.05. The second-order valence-corrected chi connectivity index (χ2v) is 7.08. The fourth-order valence-electron chi connectivity index (χ4n) is 2.55. The lowest BCUT2D eigenvalue weighted by molar-refractivity contribution is 0.0932. The molecule has 1 amide bonds. The van der Waals surface area contributed by atoms with Crippen LogP contribution in [0, 0.1) is 0 Å². The molecule has 6 nitrogen and oxygen atoms in total. The lowest BCUT2D eigenvalue weighted by Gasteiger charge is -2.14. The molecular formula is C19H23ClN4O2S. The molecule has 2 unspecified atom stereocenters. The minimum Gasteiger partial charge on any atom is -0.339 e. The molecule has 0 aliphatic carbocycles. The fourth-order valence-corrected chi connectivity index (χ4v) is 3.18. The summed E-state index contributed by atoms with van der Waals surface area (Å²) in [7, 11) is 1.89. The Balaban J connectivity index is 0.00000261. The summed E-state index contributed by atoms with van der Waals surface area (Å²) < 4.78 is 5.46. The molecule has 3 rings (SSSR count). The molecule has 0 aliphatic rings. The number of carbonyl (C=O) groups is 1. The average Bonchev–Trinajstić information content (AvgIpc) is 3.34. The molecule has 2 N–H and O–H groups in total. The number of benzene rings is 1. The average molecular weight is 407 g/mol. The van der Waals surface area contributed by atoms with Crippen molar-refractivity contribution in [1.29, 1.82) is 0 Å². The summed E-state index contributed by atoms with van der Waals surface area (Å²) in [5, 5.41) is 12.1. The van der Waals surface area contributed by atoms with Gasteiger partial charge in [-0.3, -0.25) is 4.79 Å². The summed E-state index contributed by atoms with van der Waals surface area (Å²) in [6, 6.07) is 13.5. The van der Waals surface area contributed by atoms with Crippen molar-refractivity contribution in [1.82, 2.24) is 20.8 Å². The summed E-state index contributed by atoms with van der Waals surface area (Å²) in [6.07, 6.45) is 1.25. The van der Waals surface area contributed by atoms with Crippen molar-refractivity contribution in [2.75, 3.05) is 7.05 Å². The van der Waals surface area contributed by atoms with Crippen molar-refractivity contribution in [2.45, 2.75) is 31.8 Å². The van der Waals surface area contributed by atoms with Crippen LogP contribution in [0.2, 0.25) is 0 Å². The van der Waals surface area contributed by atoms with Crippen molar-refractivity contribution < 1.29 is 9.32 Å². The summed E-state index contributed by atoms with van der Waals surface area (Å²) in [4.78, 5) is 17.7. The molecule has 3 aromatic rings. The predicted octanol–water partition coefficient (Wildman–Crippen LogP) is 3.42. The first kappa shape index (κ1) is 21.1. The molecule has 0 spiro atoms. The molecule has 27 heavy (non-hydrogen) atoms. The van der Waals surface area contributed by atoms with Gasteiger partial charge in [-0.05, 0) is 31.0 Å². The first-order valence-corrected chi connectivity index (χ1v) is 9.41. The Bertz CT molecular complexity index is 823. The third kappa shape index (κ3) is 5.89. The molecule has 2 heterocycles. The fraction of sp³-hybridized carbons (Fsp3) is 0.316. The highest BCUT2D eigenvalue weighted by molar-refractivity contribution is 7.12. The third-order valence-electron chi connectivity index (χ3n) is 4.10. The third-order valence-corrected chi connectivity index (χ3v) is 4.97. The maximum atomic E-state index is 12.5. The molecule has 2 atom stereocenters. The molecule has 0 bridgehead atoms. The highest BCUT2D eigenvalue weighted by Gasteiger charge is 2.23. The second kappa shape index (κ2) is 10.2. The number of hydrogen-bond acceptors (Lipinski definition) is 6. The lowest BCUT2D eigenvalue weighted by Crippen LogP contribution is -2.30. The Morgan fingerprint density at radius 1 is 1.19 bits per heavy atom. The molecule has 8 heteroatoms. The largest absolute Gasteiger partial charge is 0.339 e. The van der Waals surface area contributed by atoms with Gasteiger partial charge in [0.2, 0.25) is 5.89 Å². The Kier molecular flexibility index (Phi) is 7.97. The van der Waals surface area contributed by atoms with Gasteiger partial charge < -0.3 is 15.2 Å². The number of amides is 1. The van der Waals surface area contributed by atoms with Gasteiger partial charge in [0.1, 0.15) is 6.04 Å². The van der Waals surface area contributed by atoms with Gasteiger partial charge in [-0.1, -0.05) is 41.6 Å². The number of rotatable bonds is 8. The molecule has 0 fully saturated rings. The molecular weight excluding hydrogens is 384 g/mol. The van der Waals surface area contributed by atoms with Crippen LogP contribution in [-0.2, 0) is 12.8 Å². The Morgan fingerprint density at radius 2 is 1.96 bits per heavy atom. The molecule has 1 aromatic carbocycles. The monoisotopic (exact) mass is 406 g/mol. The van der Waals surface area contributed by atoms with Crippen molar-refractivity contribution in [2.24, 2.45) is 0 Å². The number of aromatic nitrogens is 2. The van der Waals surface area contributed by atoms with Crippen LogP contribution in [0.3, 0.4) is 0 Å². The molecule has 0 aliphatic heterocycles. The number of carbonyl (C=O) groups excluding carboxylic acids is 1. The van der Waals surface area contributed by atoms with E-state index in [1.807, 2.05) is 48.8 Å². The SMILES string of the molecule is CNC(C)Cc1noc(C(Cc2ccccc2)NC(=O)c2cccs2)n1.Cl. The highest BCUT2D eigenvalue weighted by atomic mass is 35.5. The zero-order valence-corrected chi connectivity index (χ0v) is 16.8. The van der Waals surface area contributed by atoms with Crippen LogP contribution in [-0.4, -0.2) is 29.1 Å². The zero-order chi connectivity index (χ0) is 18.4. The number of nitrogens with one attached hydrogen (secondary N) is 2. The maximum Gasteiger partial charge on any atom is 0.262 e. The Labute approximate surface area is 168 Å². The van der Waals surface area contributed by atoms with Gasteiger partial charge in [0.15, 0.2) is 5.82 Å². The normalized spacial score (nSPS) is 12.8. The van der Waals surface area contributed by atoms with E-state index >= 15 is 0 Å². The number of thiophene rings is 1. The Morgan fingerprint density at radius 3 is 2.63 bits per heavy atom. The van der Waals surface area contributed by atoms with Gasteiger partial charge in [0.05, 0.1) is 4.88 Å². The minimum atomic E-state index is -0.377. The zero-order valence-electron chi connectivity index (χ0n) is 15.2. The van der Waals surface area contributed by atoms with Crippen LogP contribution in [0.25, 0.3) is 0 Å². The van der Waals surface area contributed by atoms with Gasteiger partial charge in [-0.2, -0.15) is 4.98 Å². The number of likely N-dealkylation sites (N-methyl/N-ethyl adjacent to an activating group) is 1. The molecule has 0 radical (unpaired) electrons. The van der Waals surface area contributed by atoms with Crippen LogP contribution >= 0.6 is 23.7 Å². The maximum absolute atomic E-state index is 12.5. The lowest BCUT2D eigenvalue weighted by atomic mass is 10.1. The van der Waals surface area contributed by atoms with Gasteiger partial charge in [-0.15, -0.1) is 23.7 Å². The van der Waals surface area contributed by atoms with E-state index in [1.54, 1.807) is 6.07 Å². The molecule has 0 saturated carbocycles. The van der Waals surface area contributed by atoms with Crippen LogP contribution in [0.5, 0.6) is 0 Å². The number of halogens is 1. The summed E-state index contributed by atoms with van der Waals surface area (Å²) in [5.41, 5.74) is 1.09. The first-order valence-electron chi connectivity index (χ1n) is 8.53. The topological polar surface area (TPSA) is 80.0 Å². The van der Waals surface area contributed by atoms with Gasteiger partial charge >= 0.3 is 0 Å².